The molecule has 1 rings (SSSR count). The summed E-state index contributed by atoms with van der Waals surface area (Å²) in [6.07, 6.45) is -0.0229. The maximum atomic E-state index is 14.2. The SMILES string of the molecule is CC(C)C(C)(F)c1ccc(CC(=O)O)cc1. The minimum atomic E-state index is -1.37. The molecule has 2 nitrogen and oxygen atoms in total. The van der Waals surface area contributed by atoms with Gasteiger partial charge in [-0.2, -0.15) is 0 Å². The van der Waals surface area contributed by atoms with E-state index in [4.69, 9.17) is 5.11 Å². The molecule has 88 valence electrons. The Kier molecular flexibility index (Phi) is 3.68. The molecular weight excluding hydrogens is 207 g/mol. The number of hydrogen-bond acceptors (Lipinski definition) is 1. The van der Waals surface area contributed by atoms with Gasteiger partial charge in [-0.05, 0) is 24.0 Å². The molecule has 0 amide bonds. The topological polar surface area (TPSA) is 37.3 Å². The summed E-state index contributed by atoms with van der Waals surface area (Å²) in [4.78, 5) is 10.5. The van der Waals surface area contributed by atoms with Crippen molar-refractivity contribution in [2.75, 3.05) is 0 Å². The van der Waals surface area contributed by atoms with Crippen molar-refractivity contribution in [2.24, 2.45) is 5.92 Å². The largest absolute Gasteiger partial charge is 0.481 e. The van der Waals surface area contributed by atoms with E-state index in [1.165, 1.54) is 0 Å². The van der Waals surface area contributed by atoms with Crippen molar-refractivity contribution in [3.05, 3.63) is 35.4 Å². The van der Waals surface area contributed by atoms with Gasteiger partial charge in [0, 0.05) is 0 Å². The molecule has 0 aliphatic rings. The van der Waals surface area contributed by atoms with Crippen LogP contribution in [-0.4, -0.2) is 11.1 Å². The summed E-state index contributed by atoms with van der Waals surface area (Å²) in [7, 11) is 0. The molecule has 0 saturated carbocycles. The molecule has 1 unspecified atom stereocenters. The van der Waals surface area contributed by atoms with Crippen LogP contribution in [0.15, 0.2) is 24.3 Å². The minimum Gasteiger partial charge on any atom is -0.481 e. The highest BCUT2D eigenvalue weighted by atomic mass is 19.1. The van der Waals surface area contributed by atoms with E-state index in [0.717, 1.165) is 0 Å². The number of halogens is 1. The third kappa shape index (κ3) is 2.81. The van der Waals surface area contributed by atoms with Crippen LogP contribution in [0.1, 0.15) is 31.9 Å². The maximum Gasteiger partial charge on any atom is 0.307 e. The van der Waals surface area contributed by atoms with Gasteiger partial charge in [-0.25, -0.2) is 4.39 Å². The molecule has 1 aromatic carbocycles. The Morgan fingerprint density at radius 1 is 1.38 bits per heavy atom. The predicted molar refractivity (Wildman–Crippen MR) is 61.1 cm³/mol. The van der Waals surface area contributed by atoms with E-state index in [-0.39, 0.29) is 12.3 Å². The summed E-state index contributed by atoms with van der Waals surface area (Å²) in [5, 5.41) is 8.61. The van der Waals surface area contributed by atoms with E-state index >= 15 is 0 Å². The summed E-state index contributed by atoms with van der Waals surface area (Å²) in [6, 6.07) is 6.67. The summed E-state index contributed by atoms with van der Waals surface area (Å²) < 4.78 is 14.2. The molecule has 0 radical (unpaired) electrons. The molecule has 0 saturated heterocycles. The Morgan fingerprint density at radius 3 is 2.25 bits per heavy atom. The number of carbonyl (C=O) groups is 1. The molecule has 0 bridgehead atoms. The van der Waals surface area contributed by atoms with Gasteiger partial charge in [0.2, 0.25) is 0 Å². The van der Waals surface area contributed by atoms with Crippen LogP contribution in [0.2, 0.25) is 0 Å². The van der Waals surface area contributed by atoms with Gasteiger partial charge in [0.1, 0.15) is 5.67 Å². The summed E-state index contributed by atoms with van der Waals surface area (Å²) in [5.41, 5.74) is -0.0886. The molecule has 0 aromatic heterocycles. The van der Waals surface area contributed by atoms with Crippen LogP contribution >= 0.6 is 0 Å². The second-order valence-corrected chi connectivity index (χ2v) is 4.50. The zero-order valence-corrected chi connectivity index (χ0v) is 9.83. The van der Waals surface area contributed by atoms with Crippen LogP contribution in [0.3, 0.4) is 0 Å². The Balaban J connectivity index is 2.90. The van der Waals surface area contributed by atoms with Crippen molar-refractivity contribution in [1.29, 1.82) is 0 Å². The van der Waals surface area contributed by atoms with Crippen LogP contribution in [-0.2, 0) is 16.9 Å². The highest BCUT2D eigenvalue weighted by molar-refractivity contribution is 5.70. The number of rotatable bonds is 4. The number of carboxylic acid groups (broad SMARTS) is 1. The van der Waals surface area contributed by atoms with Crippen molar-refractivity contribution in [3.63, 3.8) is 0 Å². The van der Waals surface area contributed by atoms with E-state index in [2.05, 4.69) is 0 Å². The van der Waals surface area contributed by atoms with Gasteiger partial charge in [0.05, 0.1) is 6.42 Å². The summed E-state index contributed by atoms with van der Waals surface area (Å²) in [6.45, 7) is 5.19. The standard InChI is InChI=1S/C13H17FO2/c1-9(2)13(3,14)11-6-4-10(5-7-11)8-12(15)16/h4-7,9H,8H2,1-3H3,(H,15,16). The summed E-state index contributed by atoms with van der Waals surface area (Å²) >= 11 is 0. The fourth-order valence-electron chi connectivity index (χ4n) is 1.46. The Labute approximate surface area is 95.1 Å². The first-order valence-corrected chi connectivity index (χ1v) is 5.34. The number of benzene rings is 1. The normalized spacial score (nSPS) is 14.8. The second kappa shape index (κ2) is 4.64. The van der Waals surface area contributed by atoms with Crippen LogP contribution < -0.4 is 0 Å². The number of hydrogen-bond donors (Lipinski definition) is 1. The molecule has 1 N–H and O–H groups in total. The van der Waals surface area contributed by atoms with E-state index in [1.54, 1.807) is 31.2 Å². The predicted octanol–water partition coefficient (Wildman–Crippen LogP) is 3.15. The quantitative estimate of drug-likeness (QED) is 0.853. The van der Waals surface area contributed by atoms with Gasteiger partial charge in [-0.1, -0.05) is 38.1 Å². The average molecular weight is 224 g/mol. The monoisotopic (exact) mass is 224 g/mol. The highest BCUT2D eigenvalue weighted by Crippen LogP contribution is 2.33. The maximum absolute atomic E-state index is 14.2. The van der Waals surface area contributed by atoms with Gasteiger partial charge >= 0.3 is 5.97 Å². The first-order valence-electron chi connectivity index (χ1n) is 5.34. The van der Waals surface area contributed by atoms with Crippen molar-refractivity contribution in [3.8, 4) is 0 Å². The van der Waals surface area contributed by atoms with Crippen molar-refractivity contribution in [1.82, 2.24) is 0 Å². The number of alkyl halides is 1. The fourth-order valence-corrected chi connectivity index (χ4v) is 1.46. The van der Waals surface area contributed by atoms with Gasteiger partial charge in [0.15, 0.2) is 0 Å². The Bertz CT molecular complexity index is 366. The van der Waals surface area contributed by atoms with Gasteiger partial charge < -0.3 is 5.11 Å². The minimum absolute atomic E-state index is 0.0229. The lowest BCUT2D eigenvalue weighted by atomic mass is 9.86. The van der Waals surface area contributed by atoms with Crippen molar-refractivity contribution >= 4 is 5.97 Å². The van der Waals surface area contributed by atoms with Gasteiger partial charge in [-0.15, -0.1) is 0 Å². The van der Waals surface area contributed by atoms with E-state index in [9.17, 15) is 9.18 Å². The lowest BCUT2D eigenvalue weighted by Crippen LogP contribution is -2.22. The lowest BCUT2D eigenvalue weighted by Gasteiger charge is -2.25. The second-order valence-electron chi connectivity index (χ2n) is 4.50. The van der Waals surface area contributed by atoms with Crippen LogP contribution in [0.5, 0.6) is 0 Å². The molecular formula is C13H17FO2. The van der Waals surface area contributed by atoms with E-state index < -0.39 is 11.6 Å². The zero-order chi connectivity index (χ0) is 12.3. The molecule has 1 atom stereocenters. The molecule has 0 fully saturated rings. The fraction of sp³-hybridized carbons (Fsp3) is 0.462. The number of aliphatic carboxylic acids is 1. The Morgan fingerprint density at radius 2 is 1.88 bits per heavy atom. The zero-order valence-electron chi connectivity index (χ0n) is 9.83. The Hall–Kier alpha value is -1.38. The molecule has 16 heavy (non-hydrogen) atoms. The third-order valence-electron chi connectivity index (χ3n) is 2.96. The molecule has 1 aromatic rings. The molecule has 0 aliphatic carbocycles. The smallest absolute Gasteiger partial charge is 0.307 e. The molecule has 0 spiro atoms. The van der Waals surface area contributed by atoms with Crippen molar-refractivity contribution in [2.45, 2.75) is 32.9 Å². The first-order chi connectivity index (χ1) is 7.34. The molecule has 3 heteroatoms. The molecule has 0 aliphatic heterocycles. The highest BCUT2D eigenvalue weighted by Gasteiger charge is 2.29. The van der Waals surface area contributed by atoms with E-state index in [0.29, 0.717) is 11.1 Å². The van der Waals surface area contributed by atoms with Crippen LogP contribution in [0.25, 0.3) is 0 Å². The van der Waals surface area contributed by atoms with Crippen LogP contribution in [0.4, 0.5) is 4.39 Å². The third-order valence-corrected chi connectivity index (χ3v) is 2.96. The lowest BCUT2D eigenvalue weighted by molar-refractivity contribution is -0.136. The number of carboxylic acids is 1. The van der Waals surface area contributed by atoms with Gasteiger partial charge in [0.25, 0.3) is 0 Å². The summed E-state index contributed by atoms with van der Waals surface area (Å²) in [5.74, 6) is -0.988. The van der Waals surface area contributed by atoms with Crippen LogP contribution in [0, 0.1) is 5.92 Å². The van der Waals surface area contributed by atoms with E-state index in [1.807, 2.05) is 13.8 Å². The average Bonchev–Trinajstić information content (AvgIpc) is 2.17. The molecule has 0 heterocycles. The van der Waals surface area contributed by atoms with Gasteiger partial charge in [-0.3, -0.25) is 4.79 Å². The van der Waals surface area contributed by atoms with Crippen molar-refractivity contribution < 1.29 is 14.3 Å². The first kappa shape index (κ1) is 12.7.